The second-order valence-corrected chi connectivity index (χ2v) is 8.22. The lowest BCUT2D eigenvalue weighted by atomic mass is 9.95. The summed E-state index contributed by atoms with van der Waals surface area (Å²) in [4.78, 5) is 19.4. The molecular weight excluding hydrogens is 336 g/mol. The lowest BCUT2D eigenvalue weighted by molar-refractivity contribution is 0.0926. The van der Waals surface area contributed by atoms with Crippen molar-refractivity contribution in [1.29, 1.82) is 0 Å². The Labute approximate surface area is 150 Å². The fourth-order valence-corrected chi connectivity index (χ4v) is 5.29. The topological polar surface area (TPSA) is 66.5 Å². The zero-order chi connectivity index (χ0) is 16.8. The SMILES string of the molecule is O=C(N[C@@H]1C[C@H]2CC[C@@H]1N2)c1cc2cc(N3CCOCC3)sc2cn1. The molecule has 0 radical (unpaired) electrons. The van der Waals surface area contributed by atoms with Crippen LogP contribution in [0.2, 0.25) is 0 Å². The van der Waals surface area contributed by atoms with Crippen LogP contribution >= 0.6 is 11.3 Å². The maximum absolute atomic E-state index is 12.6. The van der Waals surface area contributed by atoms with E-state index < -0.39 is 0 Å². The van der Waals surface area contributed by atoms with E-state index in [9.17, 15) is 4.79 Å². The van der Waals surface area contributed by atoms with E-state index in [1.54, 1.807) is 11.3 Å². The van der Waals surface area contributed by atoms with Gasteiger partial charge < -0.3 is 20.3 Å². The van der Waals surface area contributed by atoms with E-state index in [1.165, 1.54) is 11.4 Å². The predicted octanol–water partition coefficient (Wildman–Crippen LogP) is 1.76. The Morgan fingerprint density at radius 3 is 2.96 bits per heavy atom. The van der Waals surface area contributed by atoms with Gasteiger partial charge in [0.15, 0.2) is 0 Å². The van der Waals surface area contributed by atoms with Gasteiger partial charge in [0.25, 0.3) is 5.91 Å². The molecule has 0 unspecified atom stereocenters. The molecule has 0 spiro atoms. The first-order valence-electron chi connectivity index (χ1n) is 9.05. The molecule has 6 nitrogen and oxygen atoms in total. The van der Waals surface area contributed by atoms with Gasteiger partial charge in [0.1, 0.15) is 5.69 Å². The number of nitrogens with one attached hydrogen (secondary N) is 2. The number of anilines is 1. The molecule has 5 rings (SSSR count). The third-order valence-electron chi connectivity index (χ3n) is 5.56. The van der Waals surface area contributed by atoms with Crippen molar-refractivity contribution in [3.05, 3.63) is 24.0 Å². The van der Waals surface area contributed by atoms with E-state index in [1.807, 2.05) is 12.3 Å². The lowest BCUT2D eigenvalue weighted by Gasteiger charge is -2.27. The summed E-state index contributed by atoms with van der Waals surface area (Å²) < 4.78 is 6.55. The highest BCUT2D eigenvalue weighted by Gasteiger charge is 2.39. The quantitative estimate of drug-likeness (QED) is 0.875. The number of ether oxygens (including phenoxy) is 1. The Morgan fingerprint density at radius 2 is 2.20 bits per heavy atom. The zero-order valence-electron chi connectivity index (χ0n) is 14.0. The first kappa shape index (κ1) is 15.5. The molecule has 3 aliphatic rings. The van der Waals surface area contributed by atoms with Crippen LogP contribution in [0.3, 0.4) is 0 Å². The van der Waals surface area contributed by atoms with Crippen molar-refractivity contribution >= 4 is 32.3 Å². The molecule has 0 aromatic carbocycles. The predicted molar refractivity (Wildman–Crippen MR) is 98.5 cm³/mol. The number of aromatic nitrogens is 1. The van der Waals surface area contributed by atoms with Gasteiger partial charge in [-0.1, -0.05) is 0 Å². The number of hydrogen-bond donors (Lipinski definition) is 2. The van der Waals surface area contributed by atoms with Gasteiger partial charge in [0, 0.05) is 37.4 Å². The van der Waals surface area contributed by atoms with Crippen LogP contribution in [0.25, 0.3) is 10.1 Å². The Hall–Kier alpha value is -1.70. The van der Waals surface area contributed by atoms with Crippen LogP contribution in [0.15, 0.2) is 18.3 Å². The molecule has 2 aromatic heterocycles. The minimum atomic E-state index is -0.0552. The number of nitrogens with zero attached hydrogens (tertiary/aromatic N) is 2. The van der Waals surface area contributed by atoms with Crippen molar-refractivity contribution < 1.29 is 9.53 Å². The molecule has 2 N–H and O–H groups in total. The van der Waals surface area contributed by atoms with E-state index in [0.29, 0.717) is 17.8 Å². The summed E-state index contributed by atoms with van der Waals surface area (Å²) in [5, 5.41) is 9.06. The molecule has 3 saturated heterocycles. The van der Waals surface area contributed by atoms with E-state index in [4.69, 9.17) is 4.74 Å². The number of carbonyl (C=O) groups excluding carboxylic acids is 1. The average Bonchev–Trinajstić information content (AvgIpc) is 3.36. The van der Waals surface area contributed by atoms with Crippen LogP contribution in [0, 0.1) is 0 Å². The molecule has 2 bridgehead atoms. The van der Waals surface area contributed by atoms with Gasteiger partial charge in [0.2, 0.25) is 0 Å². The molecule has 1 amide bonds. The Morgan fingerprint density at radius 1 is 1.32 bits per heavy atom. The maximum Gasteiger partial charge on any atom is 0.270 e. The second-order valence-electron chi connectivity index (χ2n) is 7.15. The molecule has 2 aromatic rings. The second kappa shape index (κ2) is 6.23. The molecule has 3 atom stereocenters. The molecule has 0 aliphatic carbocycles. The van der Waals surface area contributed by atoms with Crippen LogP contribution in [0.4, 0.5) is 5.00 Å². The van der Waals surface area contributed by atoms with Crippen molar-refractivity contribution in [2.75, 3.05) is 31.2 Å². The molecule has 3 fully saturated rings. The molecule has 0 saturated carbocycles. The minimum absolute atomic E-state index is 0.0552. The number of carbonyl (C=O) groups is 1. The fourth-order valence-electron chi connectivity index (χ4n) is 4.22. The number of pyridine rings is 1. The number of fused-ring (bicyclic) bond motifs is 3. The van der Waals surface area contributed by atoms with E-state index in [-0.39, 0.29) is 11.9 Å². The van der Waals surface area contributed by atoms with Crippen molar-refractivity contribution in [1.82, 2.24) is 15.6 Å². The Bertz CT molecular complexity index is 801. The number of hydrogen-bond acceptors (Lipinski definition) is 6. The van der Waals surface area contributed by atoms with E-state index in [0.717, 1.165) is 49.2 Å². The van der Waals surface area contributed by atoms with Crippen LogP contribution in [-0.2, 0) is 4.74 Å². The summed E-state index contributed by atoms with van der Waals surface area (Å²) in [5.74, 6) is -0.0552. The third kappa shape index (κ3) is 2.90. The minimum Gasteiger partial charge on any atom is -0.378 e. The number of amides is 1. The molecule has 3 aliphatic heterocycles. The van der Waals surface area contributed by atoms with Crippen LogP contribution in [0.5, 0.6) is 0 Å². The largest absolute Gasteiger partial charge is 0.378 e. The van der Waals surface area contributed by atoms with Crippen LogP contribution in [0.1, 0.15) is 29.8 Å². The van der Waals surface area contributed by atoms with Gasteiger partial charge in [-0.25, -0.2) is 4.98 Å². The summed E-state index contributed by atoms with van der Waals surface area (Å²) in [6.45, 7) is 3.39. The van der Waals surface area contributed by atoms with Crippen LogP contribution < -0.4 is 15.5 Å². The molecule has 7 heteroatoms. The monoisotopic (exact) mass is 358 g/mol. The highest BCUT2D eigenvalue weighted by Crippen LogP contribution is 2.33. The fraction of sp³-hybridized carbons (Fsp3) is 0.556. The summed E-state index contributed by atoms with van der Waals surface area (Å²) in [6.07, 6.45) is 5.27. The highest BCUT2D eigenvalue weighted by atomic mass is 32.1. The molecule has 25 heavy (non-hydrogen) atoms. The van der Waals surface area contributed by atoms with Crippen molar-refractivity contribution in [2.24, 2.45) is 0 Å². The van der Waals surface area contributed by atoms with Gasteiger partial charge in [-0.05, 0) is 36.8 Å². The molecule has 5 heterocycles. The Kier molecular flexibility index (Phi) is 3.87. The van der Waals surface area contributed by atoms with Crippen molar-refractivity contribution in [3.63, 3.8) is 0 Å². The summed E-state index contributed by atoms with van der Waals surface area (Å²) in [6, 6.07) is 5.36. The smallest absolute Gasteiger partial charge is 0.270 e. The summed E-state index contributed by atoms with van der Waals surface area (Å²) in [5.41, 5.74) is 0.515. The maximum atomic E-state index is 12.6. The molecule has 132 valence electrons. The van der Waals surface area contributed by atoms with Crippen LogP contribution in [-0.4, -0.2) is 55.3 Å². The first-order valence-corrected chi connectivity index (χ1v) is 9.87. The van der Waals surface area contributed by atoms with Gasteiger partial charge in [0.05, 0.1) is 22.9 Å². The Balaban J connectivity index is 1.34. The van der Waals surface area contributed by atoms with Crippen molar-refractivity contribution in [3.8, 4) is 0 Å². The number of rotatable bonds is 3. The van der Waals surface area contributed by atoms with Crippen molar-refractivity contribution in [2.45, 2.75) is 37.4 Å². The van der Waals surface area contributed by atoms with E-state index in [2.05, 4.69) is 26.6 Å². The third-order valence-corrected chi connectivity index (χ3v) is 6.71. The highest BCUT2D eigenvalue weighted by molar-refractivity contribution is 7.22. The molecular formula is C18H22N4O2S. The summed E-state index contributed by atoms with van der Waals surface area (Å²) in [7, 11) is 0. The van der Waals surface area contributed by atoms with Gasteiger partial charge in [-0.3, -0.25) is 4.79 Å². The normalized spacial score (nSPS) is 28.6. The standard InChI is InChI=1S/C18H22N4O2S/c23-18(21-14-9-12-1-2-13(14)20-12)15-7-11-8-17(25-16(11)10-19-15)22-3-5-24-6-4-22/h7-8,10,12-14,20H,1-6,9H2,(H,21,23)/t12-,13+,14-/m1/s1. The first-order chi connectivity index (χ1) is 12.3. The number of morpholine rings is 1. The zero-order valence-corrected chi connectivity index (χ0v) is 14.8. The summed E-state index contributed by atoms with van der Waals surface area (Å²) >= 11 is 1.73. The van der Waals surface area contributed by atoms with E-state index >= 15 is 0 Å². The lowest BCUT2D eigenvalue weighted by Crippen LogP contribution is -2.43. The van der Waals surface area contributed by atoms with Gasteiger partial charge in [-0.15, -0.1) is 11.3 Å². The number of thiophene rings is 1. The van der Waals surface area contributed by atoms with Gasteiger partial charge in [-0.2, -0.15) is 0 Å². The van der Waals surface area contributed by atoms with Gasteiger partial charge >= 0.3 is 0 Å². The average molecular weight is 358 g/mol.